The summed E-state index contributed by atoms with van der Waals surface area (Å²) < 4.78 is 34.2. The highest BCUT2D eigenvalue weighted by atomic mass is 35.5. The minimum absolute atomic E-state index is 0.0162. The number of benzene rings is 2. The summed E-state index contributed by atoms with van der Waals surface area (Å²) in [6, 6.07) is 9.23. The Morgan fingerprint density at radius 1 is 1.06 bits per heavy atom. The van der Waals surface area contributed by atoms with E-state index in [-0.39, 0.29) is 21.4 Å². The maximum absolute atomic E-state index is 13.8. The molecular weight excluding hydrogens is 487 g/mol. The lowest BCUT2D eigenvalue weighted by molar-refractivity contribution is -0.122. The maximum atomic E-state index is 13.8. The van der Waals surface area contributed by atoms with E-state index in [1.807, 2.05) is 6.92 Å². The van der Waals surface area contributed by atoms with Gasteiger partial charge in [0.05, 0.1) is 23.7 Å². The van der Waals surface area contributed by atoms with Crippen molar-refractivity contribution >= 4 is 50.7 Å². The third kappa shape index (κ3) is 4.62. The van der Waals surface area contributed by atoms with Crippen LogP contribution < -0.4 is 9.64 Å². The van der Waals surface area contributed by atoms with Gasteiger partial charge in [0.15, 0.2) is 0 Å². The minimum atomic E-state index is -4.20. The quantitative estimate of drug-likeness (QED) is 0.505. The van der Waals surface area contributed by atoms with Gasteiger partial charge in [0, 0.05) is 11.1 Å². The molecule has 0 bridgehead atoms. The standard InChI is InChI=1S/C23H24Cl2N2O5S/c1-2-32-18-10-8-16(9-11-18)26-22(28)14-20(23(26)29)27(17-5-3-4-6-17)33(30,31)21-13-15(24)7-12-19(21)25/h7-13,17,20H,2-6,14H2,1H3. The van der Waals surface area contributed by atoms with E-state index in [0.717, 1.165) is 17.7 Å². The average molecular weight is 511 g/mol. The first kappa shape index (κ1) is 24.0. The zero-order valence-corrected chi connectivity index (χ0v) is 20.4. The van der Waals surface area contributed by atoms with Crippen LogP contribution in [0.25, 0.3) is 0 Å². The number of carbonyl (C=O) groups excluding carboxylic acids is 2. The zero-order chi connectivity index (χ0) is 23.8. The van der Waals surface area contributed by atoms with Crippen molar-refractivity contribution in [2.24, 2.45) is 0 Å². The van der Waals surface area contributed by atoms with Crippen LogP contribution in [-0.2, 0) is 19.6 Å². The number of ether oxygens (including phenoxy) is 1. The predicted molar refractivity (Wildman–Crippen MR) is 126 cm³/mol. The fourth-order valence-corrected chi connectivity index (χ4v) is 7.08. The van der Waals surface area contributed by atoms with Crippen LogP contribution in [0.5, 0.6) is 5.75 Å². The fraction of sp³-hybridized carbons (Fsp3) is 0.391. The molecule has 7 nitrogen and oxygen atoms in total. The first-order valence-electron chi connectivity index (χ1n) is 10.8. The summed E-state index contributed by atoms with van der Waals surface area (Å²) in [7, 11) is -4.20. The second-order valence-electron chi connectivity index (χ2n) is 8.06. The molecule has 1 saturated heterocycles. The second-order valence-corrected chi connectivity index (χ2v) is 10.7. The van der Waals surface area contributed by atoms with Crippen molar-refractivity contribution in [1.29, 1.82) is 0 Å². The van der Waals surface area contributed by atoms with E-state index >= 15 is 0 Å². The number of rotatable bonds is 7. The van der Waals surface area contributed by atoms with Crippen LogP contribution in [0.1, 0.15) is 39.0 Å². The Morgan fingerprint density at radius 2 is 1.73 bits per heavy atom. The highest BCUT2D eigenvalue weighted by Gasteiger charge is 2.50. The average Bonchev–Trinajstić information content (AvgIpc) is 3.39. The van der Waals surface area contributed by atoms with Crippen LogP contribution in [0.3, 0.4) is 0 Å². The molecule has 1 aliphatic heterocycles. The van der Waals surface area contributed by atoms with Crippen molar-refractivity contribution in [2.45, 2.75) is 56.0 Å². The molecule has 0 aromatic heterocycles. The van der Waals surface area contributed by atoms with E-state index in [1.165, 1.54) is 22.5 Å². The third-order valence-corrected chi connectivity index (χ3v) is 8.65. The Labute approximate surface area is 203 Å². The van der Waals surface area contributed by atoms with E-state index in [2.05, 4.69) is 0 Å². The summed E-state index contributed by atoms with van der Waals surface area (Å²) >= 11 is 12.3. The Balaban J connectivity index is 1.72. The number of anilines is 1. The van der Waals surface area contributed by atoms with Gasteiger partial charge in [-0.3, -0.25) is 9.59 Å². The molecule has 2 aromatic rings. The summed E-state index contributed by atoms with van der Waals surface area (Å²) in [5.74, 6) is -0.412. The molecule has 0 spiro atoms. The van der Waals surface area contributed by atoms with Gasteiger partial charge in [0.25, 0.3) is 5.91 Å². The van der Waals surface area contributed by atoms with Gasteiger partial charge in [0.1, 0.15) is 16.7 Å². The third-order valence-electron chi connectivity index (χ3n) is 5.97. The number of imide groups is 1. The van der Waals surface area contributed by atoms with Gasteiger partial charge in [-0.2, -0.15) is 4.31 Å². The van der Waals surface area contributed by atoms with Crippen LogP contribution in [0, 0.1) is 0 Å². The summed E-state index contributed by atoms with van der Waals surface area (Å²) in [5, 5.41) is 0.233. The van der Waals surface area contributed by atoms with Gasteiger partial charge in [-0.25, -0.2) is 13.3 Å². The van der Waals surface area contributed by atoms with E-state index in [1.54, 1.807) is 24.3 Å². The lowest BCUT2D eigenvalue weighted by Crippen LogP contribution is -2.49. The SMILES string of the molecule is CCOc1ccc(N2C(=O)CC(N(C3CCCC3)S(=O)(=O)c3cc(Cl)ccc3Cl)C2=O)cc1. The van der Waals surface area contributed by atoms with Gasteiger partial charge >= 0.3 is 0 Å². The summed E-state index contributed by atoms with van der Waals surface area (Å²) in [6.45, 7) is 2.35. The topological polar surface area (TPSA) is 84.0 Å². The highest BCUT2D eigenvalue weighted by Crippen LogP contribution is 2.38. The molecule has 0 radical (unpaired) electrons. The molecule has 1 saturated carbocycles. The zero-order valence-electron chi connectivity index (χ0n) is 18.0. The number of hydrogen-bond acceptors (Lipinski definition) is 5. The number of hydrogen-bond donors (Lipinski definition) is 0. The van der Waals surface area contributed by atoms with Gasteiger partial charge in [-0.15, -0.1) is 0 Å². The number of nitrogens with zero attached hydrogens (tertiary/aromatic N) is 2. The smallest absolute Gasteiger partial charge is 0.252 e. The van der Waals surface area contributed by atoms with Crippen LogP contribution in [0.15, 0.2) is 47.4 Å². The van der Waals surface area contributed by atoms with Gasteiger partial charge < -0.3 is 4.74 Å². The number of amides is 2. The summed E-state index contributed by atoms with van der Waals surface area (Å²) in [4.78, 5) is 27.3. The second kappa shape index (κ2) is 9.62. The molecule has 1 atom stereocenters. The first-order chi connectivity index (χ1) is 15.7. The molecule has 2 aromatic carbocycles. The molecule has 176 valence electrons. The molecule has 33 heavy (non-hydrogen) atoms. The monoisotopic (exact) mass is 510 g/mol. The lowest BCUT2D eigenvalue weighted by Gasteiger charge is -2.32. The Hall–Kier alpha value is -2.13. The molecule has 2 fully saturated rings. The Kier molecular flexibility index (Phi) is 7.00. The van der Waals surface area contributed by atoms with E-state index < -0.39 is 33.9 Å². The number of carbonyl (C=O) groups is 2. The minimum Gasteiger partial charge on any atom is -0.494 e. The summed E-state index contributed by atoms with van der Waals surface area (Å²) in [5.41, 5.74) is 0.375. The molecule has 1 aliphatic carbocycles. The molecular formula is C23H24Cl2N2O5S. The van der Waals surface area contributed by atoms with Crippen LogP contribution in [0.2, 0.25) is 10.0 Å². The van der Waals surface area contributed by atoms with E-state index in [9.17, 15) is 18.0 Å². The van der Waals surface area contributed by atoms with Gasteiger partial charge in [0.2, 0.25) is 15.9 Å². The lowest BCUT2D eigenvalue weighted by atomic mass is 10.2. The van der Waals surface area contributed by atoms with Gasteiger partial charge in [-0.1, -0.05) is 36.0 Å². The maximum Gasteiger partial charge on any atom is 0.252 e. The van der Waals surface area contributed by atoms with Crippen molar-refractivity contribution in [3.8, 4) is 5.75 Å². The van der Waals surface area contributed by atoms with Crippen molar-refractivity contribution in [1.82, 2.24) is 4.31 Å². The van der Waals surface area contributed by atoms with E-state index in [0.29, 0.717) is 30.9 Å². The van der Waals surface area contributed by atoms with Gasteiger partial charge in [-0.05, 0) is 62.2 Å². The Morgan fingerprint density at radius 3 is 2.36 bits per heavy atom. The van der Waals surface area contributed by atoms with Crippen LogP contribution >= 0.6 is 23.2 Å². The number of sulfonamides is 1. The molecule has 2 aliphatic rings. The first-order valence-corrected chi connectivity index (χ1v) is 13.0. The van der Waals surface area contributed by atoms with E-state index in [4.69, 9.17) is 27.9 Å². The molecule has 4 rings (SSSR count). The van der Waals surface area contributed by atoms with Crippen LogP contribution in [0.4, 0.5) is 5.69 Å². The van der Waals surface area contributed by atoms with Crippen molar-refractivity contribution < 1.29 is 22.7 Å². The number of halogens is 2. The molecule has 10 heteroatoms. The molecule has 1 unspecified atom stereocenters. The fourth-order valence-electron chi connectivity index (χ4n) is 4.51. The Bertz CT molecular complexity index is 1160. The molecule has 1 heterocycles. The predicted octanol–water partition coefficient (Wildman–Crippen LogP) is 4.66. The van der Waals surface area contributed by atoms with Crippen molar-refractivity contribution in [2.75, 3.05) is 11.5 Å². The largest absolute Gasteiger partial charge is 0.494 e. The summed E-state index contributed by atoms with van der Waals surface area (Å²) in [6.07, 6.45) is 2.67. The van der Waals surface area contributed by atoms with Crippen molar-refractivity contribution in [3.63, 3.8) is 0 Å². The highest BCUT2D eigenvalue weighted by molar-refractivity contribution is 7.89. The van der Waals surface area contributed by atoms with Crippen LogP contribution in [-0.4, -0.2) is 43.2 Å². The molecule has 2 amide bonds. The molecule has 0 N–H and O–H groups in total. The van der Waals surface area contributed by atoms with Crippen molar-refractivity contribution in [3.05, 3.63) is 52.5 Å². The normalized spacial score (nSPS) is 19.6.